The Morgan fingerprint density at radius 2 is 1.60 bits per heavy atom. The van der Waals surface area contributed by atoms with Crippen molar-refractivity contribution >= 4 is 17.4 Å². The normalized spacial score (nSPS) is 13.0. The van der Waals surface area contributed by atoms with Gasteiger partial charge in [-0.1, -0.05) is 54.1 Å². The van der Waals surface area contributed by atoms with Crippen LogP contribution in [0.2, 0.25) is 5.02 Å². The van der Waals surface area contributed by atoms with E-state index >= 15 is 0 Å². The average molecular weight is 297 g/mol. The van der Waals surface area contributed by atoms with Gasteiger partial charge in [0.15, 0.2) is 6.10 Å². The van der Waals surface area contributed by atoms with Crippen LogP contribution in [0.5, 0.6) is 0 Å². The van der Waals surface area contributed by atoms with E-state index in [1.807, 2.05) is 0 Å². The second-order valence-electron chi connectivity index (χ2n) is 4.27. The quantitative estimate of drug-likeness (QED) is 0.869. The zero-order valence-corrected chi connectivity index (χ0v) is 11.0. The molecule has 5 heteroatoms. The van der Waals surface area contributed by atoms with Crippen LogP contribution in [0.1, 0.15) is 22.0 Å². The van der Waals surface area contributed by atoms with Crippen LogP contribution in [-0.4, -0.2) is 16.8 Å². The third-order valence-corrected chi connectivity index (χ3v) is 3.12. The molecule has 2 aromatic rings. The molecule has 0 aromatic heterocycles. The van der Waals surface area contributed by atoms with E-state index in [9.17, 15) is 18.7 Å². The largest absolute Gasteiger partial charge is 0.382 e. The molecular formula is C15H11ClF2O2. The Hall–Kier alpha value is -1.78. The Morgan fingerprint density at radius 1 is 1.05 bits per heavy atom. The van der Waals surface area contributed by atoms with Crippen LogP contribution in [0.3, 0.4) is 0 Å². The molecule has 104 valence electrons. The van der Waals surface area contributed by atoms with Gasteiger partial charge in [0.2, 0.25) is 5.78 Å². The van der Waals surface area contributed by atoms with Gasteiger partial charge in [-0.05, 0) is 17.7 Å². The van der Waals surface area contributed by atoms with E-state index in [-0.39, 0.29) is 11.1 Å². The molecule has 0 saturated heterocycles. The Labute approximate surface area is 119 Å². The highest BCUT2D eigenvalue weighted by Crippen LogP contribution is 2.34. The number of hydrogen-bond donors (Lipinski definition) is 1. The van der Waals surface area contributed by atoms with Crippen molar-refractivity contribution in [3.8, 4) is 0 Å². The van der Waals surface area contributed by atoms with Crippen LogP contribution < -0.4 is 0 Å². The SMILES string of the molecule is O=C(c1ccccc1)C(F)(F)[C@H](O)c1ccc(Cl)cc1. The molecule has 0 aliphatic carbocycles. The standard InChI is InChI=1S/C15H11ClF2O2/c16-12-8-6-11(7-9-12)14(20)15(17,18)13(19)10-4-2-1-3-5-10/h1-9,14,20H/t14-/m1/s1. The van der Waals surface area contributed by atoms with Crippen molar-refractivity contribution in [2.75, 3.05) is 0 Å². The number of Topliss-reactive ketones (excluding diaryl/α,β-unsaturated/α-hetero) is 1. The topological polar surface area (TPSA) is 37.3 Å². The lowest BCUT2D eigenvalue weighted by Gasteiger charge is -2.21. The molecule has 0 spiro atoms. The van der Waals surface area contributed by atoms with Gasteiger partial charge in [-0.2, -0.15) is 8.78 Å². The first-order valence-corrected chi connectivity index (χ1v) is 6.22. The van der Waals surface area contributed by atoms with E-state index < -0.39 is 17.8 Å². The average Bonchev–Trinajstić information content (AvgIpc) is 2.47. The third-order valence-electron chi connectivity index (χ3n) is 2.87. The summed E-state index contributed by atoms with van der Waals surface area (Å²) in [5.74, 6) is -5.32. The molecule has 2 rings (SSSR count). The van der Waals surface area contributed by atoms with E-state index in [2.05, 4.69) is 0 Å². The van der Waals surface area contributed by atoms with Gasteiger partial charge in [0.25, 0.3) is 0 Å². The molecule has 0 saturated carbocycles. The van der Waals surface area contributed by atoms with Gasteiger partial charge in [0, 0.05) is 10.6 Å². The highest BCUT2D eigenvalue weighted by molar-refractivity contribution is 6.30. The summed E-state index contributed by atoms with van der Waals surface area (Å²) in [5.41, 5.74) is -0.214. The molecule has 2 aromatic carbocycles. The lowest BCUT2D eigenvalue weighted by molar-refractivity contribution is -0.0792. The van der Waals surface area contributed by atoms with E-state index in [1.54, 1.807) is 6.07 Å². The number of rotatable bonds is 4. The fourth-order valence-corrected chi connectivity index (χ4v) is 1.89. The molecule has 0 radical (unpaired) electrons. The van der Waals surface area contributed by atoms with Gasteiger partial charge in [-0.25, -0.2) is 0 Å². The maximum atomic E-state index is 14.1. The summed E-state index contributed by atoms with van der Waals surface area (Å²) in [6.45, 7) is 0. The van der Waals surface area contributed by atoms with Gasteiger partial charge in [0.1, 0.15) is 0 Å². The van der Waals surface area contributed by atoms with Crippen LogP contribution in [0.25, 0.3) is 0 Å². The summed E-state index contributed by atoms with van der Waals surface area (Å²) in [6.07, 6.45) is -2.22. The van der Waals surface area contributed by atoms with Crippen molar-refractivity contribution in [1.29, 1.82) is 0 Å². The smallest absolute Gasteiger partial charge is 0.339 e. The molecule has 2 nitrogen and oxygen atoms in total. The van der Waals surface area contributed by atoms with Crippen LogP contribution in [0, 0.1) is 0 Å². The molecule has 1 atom stereocenters. The highest BCUT2D eigenvalue weighted by Gasteiger charge is 2.47. The number of halogens is 3. The number of alkyl halides is 2. The predicted octanol–water partition coefficient (Wildman–Crippen LogP) is 3.89. The van der Waals surface area contributed by atoms with Crippen LogP contribution in [0.4, 0.5) is 8.78 Å². The second kappa shape index (κ2) is 5.69. The molecular weight excluding hydrogens is 286 g/mol. The summed E-state index contributed by atoms with van der Waals surface area (Å²) in [4.78, 5) is 11.8. The summed E-state index contributed by atoms with van der Waals surface area (Å²) in [7, 11) is 0. The van der Waals surface area contributed by atoms with Crippen molar-refractivity contribution < 1.29 is 18.7 Å². The van der Waals surface area contributed by atoms with Crippen LogP contribution in [-0.2, 0) is 0 Å². The number of carbonyl (C=O) groups excluding carboxylic acids is 1. The molecule has 0 amide bonds. The van der Waals surface area contributed by atoms with Gasteiger partial charge < -0.3 is 5.11 Å². The summed E-state index contributed by atoms with van der Waals surface area (Å²) >= 11 is 5.65. The van der Waals surface area contributed by atoms with Gasteiger partial charge in [-0.3, -0.25) is 4.79 Å². The van der Waals surface area contributed by atoms with E-state index in [4.69, 9.17) is 11.6 Å². The lowest BCUT2D eigenvalue weighted by Crippen LogP contribution is -2.35. The monoisotopic (exact) mass is 296 g/mol. The number of benzene rings is 2. The Kier molecular flexibility index (Phi) is 4.16. The maximum absolute atomic E-state index is 14.1. The fourth-order valence-electron chi connectivity index (χ4n) is 1.76. The molecule has 1 N–H and O–H groups in total. The Balaban J connectivity index is 2.29. The zero-order chi connectivity index (χ0) is 14.8. The number of aliphatic hydroxyl groups excluding tert-OH is 1. The molecule has 0 unspecified atom stereocenters. The molecule has 0 fully saturated rings. The minimum absolute atomic E-state index is 0.0660. The molecule has 20 heavy (non-hydrogen) atoms. The summed E-state index contributed by atoms with van der Waals surface area (Å²) in [5, 5.41) is 10.1. The summed E-state index contributed by atoms with van der Waals surface area (Å²) < 4.78 is 28.1. The first kappa shape index (κ1) is 14.6. The van der Waals surface area contributed by atoms with Crippen LogP contribution >= 0.6 is 11.6 Å². The Bertz CT molecular complexity index is 597. The molecule has 0 aliphatic heterocycles. The minimum atomic E-state index is -3.91. The number of ketones is 1. The number of aliphatic hydroxyl groups is 1. The van der Waals surface area contributed by atoms with Crippen molar-refractivity contribution in [1.82, 2.24) is 0 Å². The molecule has 0 aliphatic rings. The fraction of sp³-hybridized carbons (Fsp3) is 0.133. The van der Waals surface area contributed by atoms with Crippen molar-refractivity contribution in [2.45, 2.75) is 12.0 Å². The van der Waals surface area contributed by atoms with E-state index in [1.165, 1.54) is 48.5 Å². The lowest BCUT2D eigenvalue weighted by atomic mass is 9.96. The highest BCUT2D eigenvalue weighted by atomic mass is 35.5. The Morgan fingerprint density at radius 3 is 2.15 bits per heavy atom. The zero-order valence-electron chi connectivity index (χ0n) is 10.3. The minimum Gasteiger partial charge on any atom is -0.382 e. The van der Waals surface area contributed by atoms with E-state index in [0.29, 0.717) is 5.02 Å². The van der Waals surface area contributed by atoms with Gasteiger partial charge in [0.05, 0.1) is 0 Å². The van der Waals surface area contributed by atoms with E-state index in [0.717, 1.165) is 0 Å². The van der Waals surface area contributed by atoms with Crippen LogP contribution in [0.15, 0.2) is 54.6 Å². The second-order valence-corrected chi connectivity index (χ2v) is 4.71. The van der Waals surface area contributed by atoms with Crippen molar-refractivity contribution in [3.63, 3.8) is 0 Å². The molecule has 0 bridgehead atoms. The summed E-state index contributed by atoms with van der Waals surface area (Å²) in [6, 6.07) is 12.4. The predicted molar refractivity (Wildman–Crippen MR) is 72.1 cm³/mol. The number of carbonyl (C=O) groups is 1. The van der Waals surface area contributed by atoms with Gasteiger partial charge in [-0.15, -0.1) is 0 Å². The number of hydrogen-bond acceptors (Lipinski definition) is 2. The first-order valence-electron chi connectivity index (χ1n) is 5.84. The van der Waals surface area contributed by atoms with Crippen molar-refractivity contribution in [2.24, 2.45) is 0 Å². The van der Waals surface area contributed by atoms with Crippen molar-refractivity contribution in [3.05, 3.63) is 70.7 Å². The maximum Gasteiger partial charge on any atom is 0.339 e. The first-order chi connectivity index (χ1) is 9.43. The van der Waals surface area contributed by atoms with Gasteiger partial charge >= 0.3 is 5.92 Å². The third kappa shape index (κ3) is 2.86. The molecule has 0 heterocycles.